The number of quaternary nitrogens is 1. The highest BCUT2D eigenvalue weighted by Crippen LogP contribution is 2.04. The molecule has 1 aromatic rings. The predicted molar refractivity (Wildman–Crippen MR) is 67.5 cm³/mol. The first-order valence-corrected chi connectivity index (χ1v) is 6.40. The third-order valence-corrected chi connectivity index (χ3v) is 3.54. The van der Waals surface area contributed by atoms with Gasteiger partial charge in [-0.2, -0.15) is 0 Å². The number of rotatable bonds is 4. The summed E-state index contributed by atoms with van der Waals surface area (Å²) in [4.78, 5) is 2.43. The summed E-state index contributed by atoms with van der Waals surface area (Å²) in [6, 6.07) is 11.7. The van der Waals surface area contributed by atoms with Gasteiger partial charge >= 0.3 is 0 Å². The quantitative estimate of drug-likeness (QED) is 0.797. The molecule has 1 saturated heterocycles. The normalized spacial score (nSPS) is 18.8. The van der Waals surface area contributed by atoms with Gasteiger partial charge in [0.15, 0.2) is 0 Å². The average molecular weight is 219 g/mol. The Bertz CT molecular complexity index is 289. The Morgan fingerprint density at radius 2 is 1.88 bits per heavy atom. The van der Waals surface area contributed by atoms with Crippen molar-refractivity contribution in [2.45, 2.75) is 25.3 Å². The van der Waals surface area contributed by atoms with E-state index >= 15 is 0 Å². The van der Waals surface area contributed by atoms with Gasteiger partial charge in [-0.15, -0.1) is 0 Å². The molecule has 88 valence electrons. The monoisotopic (exact) mass is 219 g/mol. The molecule has 0 spiro atoms. The van der Waals surface area contributed by atoms with E-state index in [0.29, 0.717) is 0 Å². The Morgan fingerprint density at radius 1 is 1.19 bits per heavy atom. The van der Waals surface area contributed by atoms with Crippen LogP contribution in [0.2, 0.25) is 0 Å². The van der Waals surface area contributed by atoms with Crippen molar-refractivity contribution < 1.29 is 5.32 Å². The van der Waals surface area contributed by atoms with Gasteiger partial charge in [0.1, 0.15) is 0 Å². The number of piperidine rings is 1. The largest absolute Gasteiger partial charge is 0.343 e. The summed E-state index contributed by atoms with van der Waals surface area (Å²) in [7, 11) is 2.22. The second-order valence-electron chi connectivity index (χ2n) is 4.90. The molecule has 0 aliphatic carbocycles. The SMILES string of the molecule is CN1CCC([NH2+]CCc2ccccc2)CC1. The van der Waals surface area contributed by atoms with E-state index in [1.54, 1.807) is 0 Å². The van der Waals surface area contributed by atoms with Crippen molar-refractivity contribution in [3.8, 4) is 0 Å². The van der Waals surface area contributed by atoms with Crippen LogP contribution >= 0.6 is 0 Å². The van der Waals surface area contributed by atoms with Gasteiger partial charge in [-0.25, -0.2) is 0 Å². The zero-order valence-electron chi connectivity index (χ0n) is 10.2. The number of nitrogens with two attached hydrogens (primary N) is 1. The van der Waals surface area contributed by atoms with Crippen LogP contribution in [0.1, 0.15) is 18.4 Å². The van der Waals surface area contributed by atoms with Crippen LogP contribution in [-0.4, -0.2) is 37.6 Å². The van der Waals surface area contributed by atoms with Crippen molar-refractivity contribution in [1.82, 2.24) is 4.90 Å². The second-order valence-corrected chi connectivity index (χ2v) is 4.90. The van der Waals surface area contributed by atoms with Crippen LogP contribution in [0.4, 0.5) is 0 Å². The molecule has 1 aromatic carbocycles. The number of hydrogen-bond acceptors (Lipinski definition) is 1. The molecule has 1 fully saturated rings. The van der Waals surface area contributed by atoms with Crippen LogP contribution in [0.15, 0.2) is 30.3 Å². The molecule has 0 saturated carbocycles. The number of nitrogens with zero attached hydrogens (tertiary/aromatic N) is 1. The molecule has 1 heterocycles. The zero-order valence-corrected chi connectivity index (χ0v) is 10.2. The molecule has 0 aromatic heterocycles. The highest BCUT2D eigenvalue weighted by atomic mass is 15.1. The molecule has 2 N–H and O–H groups in total. The molecule has 0 atom stereocenters. The lowest BCUT2D eigenvalue weighted by Crippen LogP contribution is -2.91. The molecular formula is C14H23N2+. The van der Waals surface area contributed by atoms with Crippen molar-refractivity contribution in [2.75, 3.05) is 26.7 Å². The predicted octanol–water partition coefficient (Wildman–Crippen LogP) is 0.887. The molecule has 1 aliphatic rings. The molecule has 2 rings (SSSR count). The number of likely N-dealkylation sites (tertiary alicyclic amines) is 1. The van der Waals surface area contributed by atoms with E-state index in [2.05, 4.69) is 47.6 Å². The van der Waals surface area contributed by atoms with Crippen LogP contribution < -0.4 is 5.32 Å². The maximum Gasteiger partial charge on any atom is 0.0883 e. The van der Waals surface area contributed by atoms with Gasteiger partial charge < -0.3 is 10.2 Å². The smallest absolute Gasteiger partial charge is 0.0883 e. The van der Waals surface area contributed by atoms with Crippen LogP contribution in [-0.2, 0) is 6.42 Å². The van der Waals surface area contributed by atoms with E-state index in [1.807, 2.05) is 0 Å². The fourth-order valence-corrected chi connectivity index (χ4v) is 2.39. The van der Waals surface area contributed by atoms with Crippen molar-refractivity contribution in [3.05, 3.63) is 35.9 Å². The maximum atomic E-state index is 2.54. The van der Waals surface area contributed by atoms with Crippen molar-refractivity contribution >= 4 is 0 Å². The first kappa shape index (κ1) is 11.6. The summed E-state index contributed by atoms with van der Waals surface area (Å²) in [5, 5.41) is 2.54. The van der Waals surface area contributed by atoms with E-state index in [1.165, 1.54) is 44.5 Å². The van der Waals surface area contributed by atoms with Gasteiger partial charge in [-0.05, 0) is 12.6 Å². The Kier molecular flexibility index (Phi) is 4.37. The van der Waals surface area contributed by atoms with Gasteiger partial charge in [0.05, 0.1) is 12.6 Å². The summed E-state index contributed by atoms with van der Waals surface area (Å²) in [6.07, 6.45) is 3.91. The first-order chi connectivity index (χ1) is 7.84. The van der Waals surface area contributed by atoms with Crippen molar-refractivity contribution in [2.24, 2.45) is 0 Å². The number of hydrogen-bond donors (Lipinski definition) is 1. The van der Waals surface area contributed by atoms with Crippen molar-refractivity contribution in [3.63, 3.8) is 0 Å². The lowest BCUT2D eigenvalue weighted by Gasteiger charge is -2.27. The van der Waals surface area contributed by atoms with Gasteiger partial charge in [0.25, 0.3) is 0 Å². The van der Waals surface area contributed by atoms with E-state index in [9.17, 15) is 0 Å². The minimum atomic E-state index is 0.861. The third kappa shape index (κ3) is 3.62. The molecule has 0 radical (unpaired) electrons. The number of benzene rings is 1. The Morgan fingerprint density at radius 3 is 2.56 bits per heavy atom. The summed E-state index contributed by atoms with van der Waals surface area (Å²) in [5.74, 6) is 0. The van der Waals surface area contributed by atoms with E-state index in [0.717, 1.165) is 6.04 Å². The molecule has 16 heavy (non-hydrogen) atoms. The molecule has 2 nitrogen and oxygen atoms in total. The lowest BCUT2D eigenvalue weighted by atomic mass is 10.1. The highest BCUT2D eigenvalue weighted by Gasteiger charge is 2.18. The Balaban J connectivity index is 1.65. The lowest BCUT2D eigenvalue weighted by molar-refractivity contribution is -0.691. The molecule has 0 bridgehead atoms. The van der Waals surface area contributed by atoms with Gasteiger partial charge in [-0.3, -0.25) is 0 Å². The van der Waals surface area contributed by atoms with Gasteiger partial charge in [0.2, 0.25) is 0 Å². The molecule has 0 amide bonds. The van der Waals surface area contributed by atoms with E-state index < -0.39 is 0 Å². The molecule has 2 heteroatoms. The van der Waals surface area contributed by atoms with E-state index in [-0.39, 0.29) is 0 Å². The van der Waals surface area contributed by atoms with Gasteiger partial charge in [-0.1, -0.05) is 30.3 Å². The zero-order chi connectivity index (χ0) is 11.2. The summed E-state index contributed by atoms with van der Waals surface area (Å²) >= 11 is 0. The van der Waals surface area contributed by atoms with Crippen LogP contribution in [0.3, 0.4) is 0 Å². The third-order valence-electron chi connectivity index (χ3n) is 3.54. The Hall–Kier alpha value is -0.860. The van der Waals surface area contributed by atoms with Gasteiger partial charge in [0, 0.05) is 32.4 Å². The summed E-state index contributed by atoms with van der Waals surface area (Å²) < 4.78 is 0. The minimum Gasteiger partial charge on any atom is -0.343 e. The van der Waals surface area contributed by atoms with Crippen molar-refractivity contribution in [1.29, 1.82) is 0 Å². The van der Waals surface area contributed by atoms with Crippen LogP contribution in [0.5, 0.6) is 0 Å². The second kappa shape index (κ2) is 6.02. The standard InChI is InChI=1S/C14H22N2/c1-16-11-8-14(9-12-16)15-10-7-13-5-3-2-4-6-13/h2-6,14-15H,7-12H2,1H3/p+1. The topological polar surface area (TPSA) is 19.9 Å². The molecule has 0 unspecified atom stereocenters. The summed E-state index contributed by atoms with van der Waals surface area (Å²) in [6.45, 7) is 3.78. The molecular weight excluding hydrogens is 196 g/mol. The minimum absolute atomic E-state index is 0.861. The molecule has 1 aliphatic heterocycles. The fourth-order valence-electron chi connectivity index (χ4n) is 2.39. The van der Waals surface area contributed by atoms with Crippen LogP contribution in [0, 0.1) is 0 Å². The maximum absolute atomic E-state index is 2.54. The highest BCUT2D eigenvalue weighted by molar-refractivity contribution is 5.14. The summed E-state index contributed by atoms with van der Waals surface area (Å²) in [5.41, 5.74) is 1.46. The fraction of sp³-hybridized carbons (Fsp3) is 0.571. The first-order valence-electron chi connectivity index (χ1n) is 6.40. The van der Waals surface area contributed by atoms with E-state index in [4.69, 9.17) is 0 Å². The Labute approximate surface area is 98.7 Å². The van der Waals surface area contributed by atoms with Crippen LogP contribution in [0.25, 0.3) is 0 Å². The average Bonchev–Trinajstić information content (AvgIpc) is 2.33.